The van der Waals surface area contributed by atoms with Gasteiger partial charge in [-0.2, -0.15) is 0 Å². The molecule has 5 heteroatoms. The lowest BCUT2D eigenvalue weighted by atomic mass is 10.3. The van der Waals surface area contributed by atoms with Crippen molar-refractivity contribution in [3.05, 3.63) is 34.3 Å². The van der Waals surface area contributed by atoms with Crippen LogP contribution < -0.4 is 5.56 Å². The first-order valence-electron chi connectivity index (χ1n) is 5.42. The van der Waals surface area contributed by atoms with Gasteiger partial charge < -0.3 is 9.67 Å². The van der Waals surface area contributed by atoms with Crippen molar-refractivity contribution in [3.63, 3.8) is 0 Å². The van der Waals surface area contributed by atoms with Gasteiger partial charge in [-0.15, -0.1) is 0 Å². The van der Waals surface area contributed by atoms with Gasteiger partial charge in [0.25, 0.3) is 5.56 Å². The molecular weight excluding hydrogens is 237 g/mol. The van der Waals surface area contributed by atoms with E-state index in [0.717, 1.165) is 0 Å². The summed E-state index contributed by atoms with van der Waals surface area (Å²) < 4.78 is 12.9. The number of pyridine rings is 1. The van der Waals surface area contributed by atoms with Crippen molar-refractivity contribution in [1.82, 2.24) is 4.57 Å². The average molecular weight is 255 g/mol. The smallest absolute Gasteiger partial charge is 0.258 e. The van der Waals surface area contributed by atoms with Gasteiger partial charge in [-0.05, 0) is 26.7 Å². The summed E-state index contributed by atoms with van der Waals surface area (Å²) in [5.41, 5.74) is 0.367. The quantitative estimate of drug-likeness (QED) is 0.840. The molecule has 0 saturated carbocycles. The van der Waals surface area contributed by atoms with Crippen LogP contribution in [0.4, 0.5) is 0 Å². The lowest BCUT2D eigenvalue weighted by Crippen LogP contribution is -2.13. The van der Waals surface area contributed by atoms with Crippen molar-refractivity contribution in [3.8, 4) is 5.75 Å². The Morgan fingerprint density at radius 3 is 2.71 bits per heavy atom. The lowest BCUT2D eigenvalue weighted by molar-refractivity contribution is 0.468. The Morgan fingerprint density at radius 1 is 1.47 bits per heavy atom. The zero-order valence-electron chi connectivity index (χ0n) is 10.4. The fraction of sp³-hybridized carbons (Fsp3) is 0.417. The van der Waals surface area contributed by atoms with Crippen LogP contribution >= 0.6 is 7.14 Å². The molecule has 0 aliphatic rings. The van der Waals surface area contributed by atoms with Gasteiger partial charge in [0.15, 0.2) is 0 Å². The molecule has 4 nitrogen and oxygen atoms in total. The van der Waals surface area contributed by atoms with E-state index in [0.29, 0.717) is 18.1 Å². The minimum atomic E-state index is -1.99. The third kappa shape index (κ3) is 4.61. The van der Waals surface area contributed by atoms with Crippen molar-refractivity contribution in [1.29, 1.82) is 0 Å². The summed E-state index contributed by atoms with van der Waals surface area (Å²) in [6.45, 7) is 5.22. The summed E-state index contributed by atoms with van der Waals surface area (Å²) in [6, 6.07) is 1.18. The van der Waals surface area contributed by atoms with Crippen LogP contribution in [0.3, 0.4) is 0 Å². The second kappa shape index (κ2) is 5.37. The maximum Gasteiger partial charge on any atom is 0.258 e. The monoisotopic (exact) mass is 255 g/mol. The highest BCUT2D eigenvalue weighted by atomic mass is 31.2. The first kappa shape index (κ1) is 13.8. The Labute approximate surface area is 101 Å². The molecule has 0 aromatic carbocycles. The van der Waals surface area contributed by atoms with Gasteiger partial charge in [0.05, 0.1) is 7.14 Å². The molecule has 1 heterocycles. The van der Waals surface area contributed by atoms with Gasteiger partial charge in [0, 0.05) is 30.2 Å². The van der Waals surface area contributed by atoms with E-state index in [1.54, 1.807) is 32.7 Å². The van der Waals surface area contributed by atoms with E-state index in [1.807, 2.05) is 6.08 Å². The van der Waals surface area contributed by atoms with E-state index < -0.39 is 7.14 Å². The van der Waals surface area contributed by atoms with Crippen LogP contribution in [0.5, 0.6) is 5.75 Å². The number of hydrogen-bond acceptors (Lipinski definition) is 3. The van der Waals surface area contributed by atoms with Gasteiger partial charge in [-0.3, -0.25) is 9.36 Å². The van der Waals surface area contributed by atoms with Gasteiger partial charge in [-0.25, -0.2) is 0 Å². The molecular formula is C12H18NO3P. The number of aromatic hydroxyl groups is 1. The summed E-state index contributed by atoms with van der Waals surface area (Å²) >= 11 is 0. The number of hydrogen-bond donors (Lipinski definition) is 1. The maximum absolute atomic E-state index is 11.5. The molecule has 0 atom stereocenters. The van der Waals surface area contributed by atoms with Crippen molar-refractivity contribution in [2.24, 2.45) is 0 Å². The van der Waals surface area contributed by atoms with Crippen LogP contribution in [-0.2, 0) is 4.57 Å². The molecule has 94 valence electrons. The number of aryl methyl sites for hydroxylation is 1. The normalized spacial score (nSPS) is 12.2. The highest BCUT2D eigenvalue weighted by molar-refractivity contribution is 7.62. The van der Waals surface area contributed by atoms with Crippen LogP contribution in [-0.4, -0.2) is 29.2 Å². The van der Waals surface area contributed by atoms with Gasteiger partial charge >= 0.3 is 0 Å². The molecule has 0 amide bonds. The molecule has 0 aliphatic heterocycles. The standard InChI is InChI=1S/C12H18NO3P/c1-10-9-13(12(15)8-11(10)14)6-4-5-7-17(2,3)16/h4,6,8-9,14H,5,7H2,1-3H3/b6-4-. The van der Waals surface area contributed by atoms with Gasteiger partial charge in [0.2, 0.25) is 0 Å². The Bertz CT molecular complexity index is 525. The predicted molar refractivity (Wildman–Crippen MR) is 71.4 cm³/mol. The van der Waals surface area contributed by atoms with Crippen molar-refractivity contribution < 1.29 is 9.67 Å². The molecule has 0 spiro atoms. The summed E-state index contributed by atoms with van der Waals surface area (Å²) in [6.07, 6.45) is 6.35. The molecule has 1 N–H and O–H groups in total. The molecule has 0 saturated heterocycles. The molecule has 1 aromatic heterocycles. The summed E-state index contributed by atoms with van der Waals surface area (Å²) in [7, 11) is -1.99. The van der Waals surface area contributed by atoms with Crippen LogP contribution in [0.2, 0.25) is 0 Å². The van der Waals surface area contributed by atoms with Crippen LogP contribution in [0.25, 0.3) is 6.20 Å². The molecule has 1 aromatic rings. The topological polar surface area (TPSA) is 59.3 Å². The SMILES string of the molecule is Cc1cn(/C=C\CCP(C)(C)=O)c(=O)cc1O. The first-order chi connectivity index (χ1) is 7.79. The fourth-order valence-corrected chi connectivity index (χ4v) is 2.10. The predicted octanol–water partition coefficient (Wildman–Crippen LogP) is 2.35. The third-order valence-corrected chi connectivity index (χ3v) is 3.69. The van der Waals surface area contributed by atoms with E-state index in [2.05, 4.69) is 0 Å². The van der Waals surface area contributed by atoms with Crippen LogP contribution in [0.15, 0.2) is 23.1 Å². The first-order valence-corrected chi connectivity index (χ1v) is 8.21. The third-order valence-electron chi connectivity index (χ3n) is 2.35. The molecule has 0 bridgehead atoms. The molecule has 0 unspecified atom stereocenters. The Morgan fingerprint density at radius 2 is 2.12 bits per heavy atom. The number of aromatic nitrogens is 1. The average Bonchev–Trinajstić information content (AvgIpc) is 2.18. The second-order valence-electron chi connectivity index (χ2n) is 4.56. The Hall–Kier alpha value is -1.28. The summed E-state index contributed by atoms with van der Waals surface area (Å²) in [4.78, 5) is 11.5. The second-order valence-corrected chi connectivity index (χ2v) is 8.15. The van der Waals surface area contributed by atoms with Crippen molar-refractivity contribution in [2.75, 3.05) is 19.5 Å². The van der Waals surface area contributed by atoms with E-state index in [1.165, 1.54) is 10.6 Å². The van der Waals surface area contributed by atoms with Crippen molar-refractivity contribution >= 4 is 13.3 Å². The highest BCUT2D eigenvalue weighted by Gasteiger charge is 2.04. The highest BCUT2D eigenvalue weighted by Crippen LogP contribution is 2.36. The number of rotatable bonds is 4. The lowest BCUT2D eigenvalue weighted by Gasteiger charge is -2.04. The van der Waals surface area contributed by atoms with E-state index in [4.69, 9.17) is 0 Å². The van der Waals surface area contributed by atoms with Crippen LogP contribution in [0.1, 0.15) is 12.0 Å². The van der Waals surface area contributed by atoms with E-state index in [-0.39, 0.29) is 11.3 Å². The Balaban J connectivity index is 2.76. The molecule has 0 radical (unpaired) electrons. The Kier molecular flexibility index (Phi) is 4.35. The zero-order chi connectivity index (χ0) is 13.1. The molecule has 0 aliphatic carbocycles. The van der Waals surface area contributed by atoms with Gasteiger partial charge in [-0.1, -0.05) is 6.08 Å². The fourth-order valence-electron chi connectivity index (χ4n) is 1.33. The van der Waals surface area contributed by atoms with Crippen LogP contribution in [0, 0.1) is 6.92 Å². The van der Waals surface area contributed by atoms with E-state index in [9.17, 15) is 14.5 Å². The van der Waals surface area contributed by atoms with E-state index >= 15 is 0 Å². The number of allylic oxidation sites excluding steroid dienone is 1. The molecule has 17 heavy (non-hydrogen) atoms. The summed E-state index contributed by atoms with van der Waals surface area (Å²) in [5.74, 6) is 0.00580. The van der Waals surface area contributed by atoms with Gasteiger partial charge in [0.1, 0.15) is 5.75 Å². The zero-order valence-corrected chi connectivity index (χ0v) is 11.3. The minimum absolute atomic E-state index is 0.00580. The maximum atomic E-state index is 11.5. The minimum Gasteiger partial charge on any atom is -0.507 e. The molecule has 1 rings (SSSR count). The largest absolute Gasteiger partial charge is 0.507 e. The molecule has 0 fully saturated rings. The number of nitrogens with zero attached hydrogens (tertiary/aromatic N) is 1. The summed E-state index contributed by atoms with van der Waals surface area (Å²) in [5, 5.41) is 9.33. The van der Waals surface area contributed by atoms with Crippen molar-refractivity contribution in [2.45, 2.75) is 13.3 Å².